The second-order valence-corrected chi connectivity index (χ2v) is 7.12. The zero-order chi connectivity index (χ0) is 19.4. The molecule has 1 saturated carbocycles. The highest BCUT2D eigenvalue weighted by atomic mass is 35.5. The summed E-state index contributed by atoms with van der Waals surface area (Å²) in [6, 6.07) is 6.48. The van der Waals surface area contributed by atoms with E-state index in [9.17, 15) is 18.0 Å². The van der Waals surface area contributed by atoms with E-state index in [1.807, 2.05) is 0 Å². The normalized spacial score (nSPS) is 20.4. The highest BCUT2D eigenvalue weighted by Crippen LogP contribution is 2.37. The van der Waals surface area contributed by atoms with Crippen LogP contribution >= 0.6 is 11.6 Å². The number of alkyl halides is 3. The highest BCUT2D eigenvalue weighted by Gasteiger charge is 2.42. The molecule has 1 N–H and O–H groups in total. The topological polar surface area (TPSA) is 68.0 Å². The molecule has 1 aromatic carbocycles. The van der Waals surface area contributed by atoms with Crippen LogP contribution in [0.2, 0.25) is 5.02 Å². The number of nitrogens with one attached hydrogen (secondary N) is 1. The average molecular weight is 402 g/mol. The molecule has 1 aliphatic rings. The molecule has 27 heavy (non-hydrogen) atoms. The zero-order valence-corrected chi connectivity index (χ0v) is 15.2. The summed E-state index contributed by atoms with van der Waals surface area (Å²) in [5.41, 5.74) is 0.735. The Kier molecular flexibility index (Phi) is 6.04. The van der Waals surface area contributed by atoms with Crippen molar-refractivity contribution in [3.8, 4) is 11.4 Å². The van der Waals surface area contributed by atoms with Crippen LogP contribution in [0.3, 0.4) is 0 Å². The largest absolute Gasteiger partial charge is 0.391 e. The van der Waals surface area contributed by atoms with E-state index in [0.29, 0.717) is 29.6 Å². The van der Waals surface area contributed by atoms with Crippen LogP contribution in [-0.2, 0) is 11.2 Å². The van der Waals surface area contributed by atoms with Crippen molar-refractivity contribution in [1.29, 1.82) is 0 Å². The van der Waals surface area contributed by atoms with E-state index in [-0.39, 0.29) is 31.6 Å². The van der Waals surface area contributed by atoms with E-state index in [0.717, 1.165) is 5.56 Å². The summed E-state index contributed by atoms with van der Waals surface area (Å²) in [5, 5.41) is 7.15. The molecule has 0 aliphatic heterocycles. The van der Waals surface area contributed by atoms with Crippen LogP contribution in [0.15, 0.2) is 28.8 Å². The number of hydrogen-bond acceptors (Lipinski definition) is 4. The predicted octanol–water partition coefficient (Wildman–Crippen LogP) is 4.56. The van der Waals surface area contributed by atoms with Crippen LogP contribution in [0.4, 0.5) is 13.2 Å². The molecular weight excluding hydrogens is 383 g/mol. The van der Waals surface area contributed by atoms with E-state index in [2.05, 4.69) is 15.5 Å². The third-order valence-corrected chi connectivity index (χ3v) is 4.89. The SMILES string of the molecule is O=C(CCc1nc(-c2ccc(Cl)cc2)no1)N[C@@H]1CCC[C@@H](C(F)(F)F)C1. The van der Waals surface area contributed by atoms with Crippen LogP contribution in [0, 0.1) is 5.92 Å². The minimum absolute atomic E-state index is 0.0590. The van der Waals surface area contributed by atoms with Crippen LogP contribution in [0.1, 0.15) is 38.0 Å². The van der Waals surface area contributed by atoms with Crippen molar-refractivity contribution in [1.82, 2.24) is 15.5 Å². The predicted molar refractivity (Wildman–Crippen MR) is 93.0 cm³/mol. The molecule has 0 unspecified atom stereocenters. The lowest BCUT2D eigenvalue weighted by Gasteiger charge is -2.31. The molecule has 1 heterocycles. The van der Waals surface area contributed by atoms with Crippen LogP contribution in [0.5, 0.6) is 0 Å². The Labute approximate surface area is 159 Å². The number of halogens is 4. The van der Waals surface area contributed by atoms with Crippen molar-refractivity contribution < 1.29 is 22.5 Å². The monoisotopic (exact) mass is 401 g/mol. The highest BCUT2D eigenvalue weighted by molar-refractivity contribution is 6.30. The number of aryl methyl sites for hydroxylation is 1. The van der Waals surface area contributed by atoms with Crippen molar-refractivity contribution in [2.75, 3.05) is 0 Å². The van der Waals surface area contributed by atoms with E-state index in [4.69, 9.17) is 16.1 Å². The van der Waals surface area contributed by atoms with Gasteiger partial charge in [-0.15, -0.1) is 0 Å². The second-order valence-electron chi connectivity index (χ2n) is 6.69. The number of amides is 1. The standard InChI is InChI=1S/C18H19ClF3N3O2/c19-13-6-4-11(5-7-13)17-24-16(27-25-17)9-8-15(26)23-14-3-1-2-12(10-14)18(20,21)22/h4-7,12,14H,1-3,8-10H2,(H,23,26)/t12-,14-/m1/s1. The minimum Gasteiger partial charge on any atom is -0.353 e. The first-order valence-corrected chi connectivity index (χ1v) is 9.13. The molecule has 5 nitrogen and oxygen atoms in total. The summed E-state index contributed by atoms with van der Waals surface area (Å²) >= 11 is 5.83. The Hall–Kier alpha value is -2.09. The Balaban J connectivity index is 1.49. The van der Waals surface area contributed by atoms with Crippen molar-refractivity contribution in [2.24, 2.45) is 5.92 Å². The molecule has 3 rings (SSSR count). The number of rotatable bonds is 5. The lowest BCUT2D eigenvalue weighted by Crippen LogP contribution is -2.41. The summed E-state index contributed by atoms with van der Waals surface area (Å²) < 4.78 is 43.6. The van der Waals surface area contributed by atoms with Gasteiger partial charge in [-0.3, -0.25) is 4.79 Å². The summed E-state index contributed by atoms with van der Waals surface area (Å²) in [6.45, 7) is 0. The Morgan fingerprint density at radius 2 is 2.00 bits per heavy atom. The van der Waals surface area contributed by atoms with Gasteiger partial charge in [-0.25, -0.2) is 0 Å². The molecule has 9 heteroatoms. The number of benzene rings is 1. The number of nitrogens with zero attached hydrogens (tertiary/aromatic N) is 2. The lowest BCUT2D eigenvalue weighted by molar-refractivity contribution is -0.184. The minimum atomic E-state index is -4.20. The first-order chi connectivity index (χ1) is 12.8. The molecular formula is C18H19ClF3N3O2. The maximum atomic E-state index is 12.8. The maximum absolute atomic E-state index is 12.8. The Morgan fingerprint density at radius 1 is 1.26 bits per heavy atom. The molecule has 1 aromatic heterocycles. The second kappa shape index (κ2) is 8.29. The molecule has 0 saturated heterocycles. The maximum Gasteiger partial charge on any atom is 0.391 e. The summed E-state index contributed by atoms with van der Waals surface area (Å²) in [5.74, 6) is -0.960. The molecule has 1 aliphatic carbocycles. The number of hydrogen-bond donors (Lipinski definition) is 1. The first-order valence-electron chi connectivity index (χ1n) is 8.76. The zero-order valence-electron chi connectivity index (χ0n) is 14.4. The van der Waals surface area contributed by atoms with Gasteiger partial charge in [0.25, 0.3) is 0 Å². The fourth-order valence-electron chi connectivity index (χ4n) is 3.21. The quantitative estimate of drug-likeness (QED) is 0.797. The molecule has 1 fully saturated rings. The van der Waals surface area contributed by atoms with Gasteiger partial charge in [0.05, 0.1) is 5.92 Å². The van der Waals surface area contributed by atoms with Crippen molar-refractivity contribution in [3.05, 3.63) is 35.2 Å². The lowest BCUT2D eigenvalue weighted by atomic mass is 9.85. The van der Waals surface area contributed by atoms with Crippen molar-refractivity contribution in [2.45, 2.75) is 50.7 Å². The fraction of sp³-hybridized carbons (Fsp3) is 0.500. The number of aromatic nitrogens is 2. The van der Waals surface area contributed by atoms with Gasteiger partial charge in [-0.2, -0.15) is 18.2 Å². The third kappa shape index (κ3) is 5.45. The third-order valence-electron chi connectivity index (χ3n) is 4.64. The van der Waals surface area contributed by atoms with Crippen LogP contribution in [-0.4, -0.2) is 28.3 Å². The van der Waals surface area contributed by atoms with Crippen LogP contribution < -0.4 is 5.32 Å². The van der Waals surface area contributed by atoms with Gasteiger partial charge >= 0.3 is 6.18 Å². The fourth-order valence-corrected chi connectivity index (χ4v) is 3.34. The molecule has 0 bridgehead atoms. The van der Waals surface area contributed by atoms with Gasteiger partial charge in [0.1, 0.15) is 0 Å². The van der Waals surface area contributed by atoms with Gasteiger partial charge < -0.3 is 9.84 Å². The molecule has 1 amide bonds. The molecule has 2 aromatic rings. The summed E-state index contributed by atoms with van der Waals surface area (Å²) in [4.78, 5) is 16.3. The first kappa shape index (κ1) is 19.7. The van der Waals surface area contributed by atoms with E-state index in [1.165, 1.54) is 0 Å². The Bertz CT molecular complexity index is 777. The molecule has 0 radical (unpaired) electrons. The van der Waals surface area contributed by atoms with E-state index in [1.54, 1.807) is 24.3 Å². The Morgan fingerprint density at radius 3 is 2.70 bits per heavy atom. The van der Waals surface area contributed by atoms with Gasteiger partial charge in [0, 0.05) is 29.5 Å². The van der Waals surface area contributed by atoms with E-state index < -0.39 is 18.1 Å². The van der Waals surface area contributed by atoms with Gasteiger partial charge in [0.15, 0.2) is 0 Å². The van der Waals surface area contributed by atoms with Crippen LogP contribution in [0.25, 0.3) is 11.4 Å². The average Bonchev–Trinajstić information content (AvgIpc) is 3.09. The van der Waals surface area contributed by atoms with Crippen molar-refractivity contribution in [3.63, 3.8) is 0 Å². The van der Waals surface area contributed by atoms with Gasteiger partial charge in [-0.1, -0.05) is 23.2 Å². The van der Waals surface area contributed by atoms with Gasteiger partial charge in [-0.05, 0) is 43.5 Å². The van der Waals surface area contributed by atoms with E-state index >= 15 is 0 Å². The molecule has 146 valence electrons. The number of carbonyl (C=O) groups is 1. The molecule has 2 atom stereocenters. The number of carbonyl (C=O) groups excluding carboxylic acids is 1. The summed E-state index contributed by atoms with van der Waals surface area (Å²) in [7, 11) is 0. The summed E-state index contributed by atoms with van der Waals surface area (Å²) in [6.07, 6.45) is -2.80. The molecule has 0 spiro atoms. The van der Waals surface area contributed by atoms with Crippen molar-refractivity contribution >= 4 is 17.5 Å². The smallest absolute Gasteiger partial charge is 0.353 e. The van der Waals surface area contributed by atoms with Gasteiger partial charge in [0.2, 0.25) is 17.6 Å².